The fourth-order valence-electron chi connectivity index (χ4n) is 5.23. The van der Waals surface area contributed by atoms with Crippen molar-refractivity contribution in [2.75, 3.05) is 26.2 Å². The standard InChI is InChI=1S/C29H43N3O2/c1-3-4-5-6-7-10-18-32-19-16-23(17-20-32)21-30-29(22(2)33)34-27-15-11-14-26-28(27)24-12-8-9-13-25(24)31-26/h8-9,11-15,22-23,29-31,33H,3-7,10,16-21H2,1-2H3/t22-,29?/m0/s1. The number of ether oxygens (including phenoxy) is 1. The van der Waals surface area contributed by atoms with Crippen LogP contribution in [0.5, 0.6) is 5.75 Å². The number of aromatic amines is 1. The summed E-state index contributed by atoms with van der Waals surface area (Å²) in [6, 6.07) is 14.4. The van der Waals surface area contributed by atoms with Gasteiger partial charge >= 0.3 is 0 Å². The van der Waals surface area contributed by atoms with E-state index in [9.17, 15) is 5.11 Å². The summed E-state index contributed by atoms with van der Waals surface area (Å²) >= 11 is 0. The maximum absolute atomic E-state index is 10.5. The monoisotopic (exact) mass is 465 g/mol. The van der Waals surface area contributed by atoms with E-state index < -0.39 is 12.3 Å². The van der Waals surface area contributed by atoms with E-state index in [0.29, 0.717) is 5.92 Å². The Bertz CT molecular complexity index is 1010. The van der Waals surface area contributed by atoms with Gasteiger partial charge in [-0.25, -0.2) is 0 Å². The van der Waals surface area contributed by atoms with Gasteiger partial charge in [0.15, 0.2) is 6.23 Å². The number of hydrogen-bond acceptors (Lipinski definition) is 4. The van der Waals surface area contributed by atoms with Gasteiger partial charge in [-0.3, -0.25) is 5.32 Å². The van der Waals surface area contributed by atoms with Gasteiger partial charge in [0.05, 0.1) is 5.52 Å². The van der Waals surface area contributed by atoms with Crippen LogP contribution in [0.2, 0.25) is 0 Å². The number of likely N-dealkylation sites (tertiary alicyclic amines) is 1. The highest BCUT2D eigenvalue weighted by Crippen LogP contribution is 2.33. The molecule has 1 aliphatic rings. The van der Waals surface area contributed by atoms with Gasteiger partial charge in [-0.2, -0.15) is 0 Å². The maximum atomic E-state index is 10.5. The van der Waals surface area contributed by atoms with E-state index in [1.807, 2.05) is 18.2 Å². The number of benzene rings is 2. The molecule has 34 heavy (non-hydrogen) atoms. The van der Waals surface area contributed by atoms with Crippen molar-refractivity contribution in [1.82, 2.24) is 15.2 Å². The Labute approximate surface area is 204 Å². The van der Waals surface area contributed by atoms with E-state index >= 15 is 0 Å². The zero-order valence-electron chi connectivity index (χ0n) is 21.1. The van der Waals surface area contributed by atoms with Gasteiger partial charge in [0, 0.05) is 22.8 Å². The first-order chi connectivity index (χ1) is 16.7. The third-order valence-electron chi connectivity index (χ3n) is 7.33. The fourth-order valence-corrected chi connectivity index (χ4v) is 5.23. The van der Waals surface area contributed by atoms with Crippen molar-refractivity contribution in [3.05, 3.63) is 42.5 Å². The fraction of sp³-hybridized carbons (Fsp3) is 0.586. The number of H-pyrrole nitrogens is 1. The molecule has 0 radical (unpaired) electrons. The maximum Gasteiger partial charge on any atom is 0.176 e. The number of aliphatic hydroxyl groups is 1. The molecule has 186 valence electrons. The molecule has 2 aromatic carbocycles. The van der Waals surface area contributed by atoms with Gasteiger partial charge < -0.3 is 19.7 Å². The molecule has 1 aliphatic heterocycles. The highest BCUT2D eigenvalue weighted by atomic mass is 16.5. The Morgan fingerprint density at radius 2 is 1.74 bits per heavy atom. The van der Waals surface area contributed by atoms with Gasteiger partial charge in [-0.05, 0) is 69.9 Å². The summed E-state index contributed by atoms with van der Waals surface area (Å²) in [5.41, 5.74) is 2.16. The van der Waals surface area contributed by atoms with E-state index in [1.54, 1.807) is 6.92 Å². The van der Waals surface area contributed by atoms with Crippen molar-refractivity contribution in [3.63, 3.8) is 0 Å². The molecule has 0 bridgehead atoms. The third kappa shape index (κ3) is 6.53. The molecule has 2 atom stereocenters. The van der Waals surface area contributed by atoms with E-state index in [4.69, 9.17) is 4.74 Å². The predicted molar refractivity (Wildman–Crippen MR) is 142 cm³/mol. The van der Waals surface area contributed by atoms with E-state index in [2.05, 4.69) is 46.4 Å². The Morgan fingerprint density at radius 1 is 1.00 bits per heavy atom. The van der Waals surface area contributed by atoms with Crippen molar-refractivity contribution in [2.45, 2.75) is 77.5 Å². The molecule has 0 saturated carbocycles. The average molecular weight is 466 g/mol. The van der Waals surface area contributed by atoms with Crippen LogP contribution < -0.4 is 10.1 Å². The summed E-state index contributed by atoms with van der Waals surface area (Å²) in [5, 5.41) is 16.2. The van der Waals surface area contributed by atoms with Crippen LogP contribution in [0.4, 0.5) is 0 Å². The summed E-state index contributed by atoms with van der Waals surface area (Å²) in [4.78, 5) is 6.10. The molecule has 3 aromatic rings. The SMILES string of the molecule is CCCCCCCCN1CCC(CNC(Oc2cccc3[nH]c4ccccc4c23)[C@H](C)O)CC1. The second-order valence-electron chi connectivity index (χ2n) is 10.1. The van der Waals surface area contributed by atoms with Crippen LogP contribution in [0.15, 0.2) is 42.5 Å². The van der Waals surface area contributed by atoms with Gasteiger partial charge in [0.1, 0.15) is 11.9 Å². The lowest BCUT2D eigenvalue weighted by molar-refractivity contribution is 0.0231. The average Bonchev–Trinajstić information content (AvgIpc) is 3.24. The smallest absolute Gasteiger partial charge is 0.176 e. The van der Waals surface area contributed by atoms with Crippen LogP contribution in [0, 0.1) is 5.92 Å². The number of piperidine rings is 1. The van der Waals surface area contributed by atoms with Crippen LogP contribution in [0.3, 0.4) is 0 Å². The lowest BCUT2D eigenvalue weighted by Crippen LogP contribution is -2.46. The number of aromatic nitrogens is 1. The number of para-hydroxylation sites is 1. The Hall–Kier alpha value is -2.08. The number of rotatable bonds is 13. The minimum atomic E-state index is -0.603. The van der Waals surface area contributed by atoms with Crippen molar-refractivity contribution in [2.24, 2.45) is 5.92 Å². The number of unbranched alkanes of at least 4 members (excludes halogenated alkanes) is 5. The number of nitrogens with zero attached hydrogens (tertiary/aromatic N) is 1. The third-order valence-corrected chi connectivity index (χ3v) is 7.33. The first-order valence-electron chi connectivity index (χ1n) is 13.5. The quantitative estimate of drug-likeness (QED) is 0.212. The molecule has 1 saturated heterocycles. The summed E-state index contributed by atoms with van der Waals surface area (Å²) in [6.07, 6.45) is 9.59. The first-order valence-corrected chi connectivity index (χ1v) is 13.5. The zero-order valence-corrected chi connectivity index (χ0v) is 21.1. The second-order valence-corrected chi connectivity index (χ2v) is 10.1. The Kier molecular flexibility index (Phi) is 9.25. The van der Waals surface area contributed by atoms with Crippen molar-refractivity contribution >= 4 is 21.8 Å². The summed E-state index contributed by atoms with van der Waals surface area (Å²) < 4.78 is 6.37. The molecule has 1 unspecified atom stereocenters. The summed E-state index contributed by atoms with van der Waals surface area (Å²) in [7, 11) is 0. The van der Waals surface area contributed by atoms with Crippen LogP contribution >= 0.6 is 0 Å². The minimum Gasteiger partial charge on any atom is -0.472 e. The van der Waals surface area contributed by atoms with Crippen LogP contribution in [-0.2, 0) is 0 Å². The van der Waals surface area contributed by atoms with E-state index in [-0.39, 0.29) is 0 Å². The van der Waals surface area contributed by atoms with Crippen LogP contribution in [-0.4, -0.2) is 53.5 Å². The molecule has 0 amide bonds. The Morgan fingerprint density at radius 3 is 2.53 bits per heavy atom. The van der Waals surface area contributed by atoms with Crippen molar-refractivity contribution in [3.8, 4) is 5.75 Å². The molecule has 0 spiro atoms. The van der Waals surface area contributed by atoms with Gasteiger partial charge in [0.25, 0.3) is 0 Å². The largest absolute Gasteiger partial charge is 0.472 e. The number of nitrogens with one attached hydrogen (secondary N) is 2. The van der Waals surface area contributed by atoms with Gasteiger partial charge in [0.2, 0.25) is 0 Å². The molecule has 1 fully saturated rings. The lowest BCUT2D eigenvalue weighted by Gasteiger charge is -2.33. The first kappa shape index (κ1) is 25.0. The second kappa shape index (κ2) is 12.6. The Balaban J connectivity index is 1.27. The molecule has 3 N–H and O–H groups in total. The van der Waals surface area contributed by atoms with Crippen molar-refractivity contribution in [1.29, 1.82) is 0 Å². The van der Waals surface area contributed by atoms with Gasteiger partial charge in [-0.15, -0.1) is 0 Å². The van der Waals surface area contributed by atoms with Crippen LogP contribution in [0.1, 0.15) is 65.2 Å². The molecular formula is C29H43N3O2. The molecule has 1 aromatic heterocycles. The highest BCUT2D eigenvalue weighted by molar-refractivity contribution is 6.10. The van der Waals surface area contributed by atoms with Crippen molar-refractivity contribution < 1.29 is 9.84 Å². The van der Waals surface area contributed by atoms with E-state index in [1.165, 1.54) is 71.0 Å². The molecule has 5 heteroatoms. The number of aliphatic hydroxyl groups excluding tert-OH is 1. The number of hydrogen-bond donors (Lipinski definition) is 3. The van der Waals surface area contributed by atoms with Gasteiger partial charge in [-0.1, -0.05) is 63.3 Å². The normalized spacial score (nSPS) is 17.4. The van der Waals surface area contributed by atoms with Crippen LogP contribution in [0.25, 0.3) is 21.8 Å². The zero-order chi connectivity index (χ0) is 23.8. The van der Waals surface area contributed by atoms with E-state index in [0.717, 1.165) is 34.1 Å². The predicted octanol–water partition coefficient (Wildman–Crippen LogP) is 6.07. The summed E-state index contributed by atoms with van der Waals surface area (Å²) in [5.74, 6) is 1.44. The number of fused-ring (bicyclic) bond motifs is 3. The molecule has 5 nitrogen and oxygen atoms in total. The molecule has 2 heterocycles. The summed E-state index contributed by atoms with van der Waals surface area (Å²) in [6.45, 7) is 8.59. The molecule has 0 aliphatic carbocycles. The molecular weight excluding hydrogens is 422 g/mol. The minimum absolute atomic E-state index is 0.430. The molecule has 4 rings (SSSR count). The topological polar surface area (TPSA) is 60.5 Å². The highest BCUT2D eigenvalue weighted by Gasteiger charge is 2.23. The lowest BCUT2D eigenvalue weighted by atomic mass is 9.96.